The minimum atomic E-state index is -0.926. The van der Waals surface area contributed by atoms with E-state index in [4.69, 9.17) is 27.4 Å². The van der Waals surface area contributed by atoms with Crippen LogP contribution < -0.4 is 10.6 Å². The molecule has 0 amide bonds. The lowest BCUT2D eigenvalue weighted by Crippen LogP contribution is -2.40. The van der Waals surface area contributed by atoms with Gasteiger partial charge in [0, 0.05) is 17.6 Å². The molecule has 1 unspecified atom stereocenters. The first-order valence-electron chi connectivity index (χ1n) is 10.7. The summed E-state index contributed by atoms with van der Waals surface area (Å²) < 4.78 is 10.4. The van der Waals surface area contributed by atoms with Crippen LogP contribution in [0.2, 0.25) is 0 Å². The molecule has 3 N–H and O–H groups in total. The van der Waals surface area contributed by atoms with E-state index in [1.807, 2.05) is 0 Å². The maximum atomic E-state index is 13.1. The highest BCUT2D eigenvalue weighted by molar-refractivity contribution is 7.71. The molecular formula is C26H21N5O4S. The van der Waals surface area contributed by atoms with Crippen LogP contribution in [0, 0.1) is 16.1 Å². The van der Waals surface area contributed by atoms with Crippen molar-refractivity contribution in [3.8, 4) is 17.3 Å². The van der Waals surface area contributed by atoms with E-state index in [1.54, 1.807) is 66.9 Å². The molecule has 1 aromatic heterocycles. The summed E-state index contributed by atoms with van der Waals surface area (Å²) in [5, 5.41) is 10.1. The van der Waals surface area contributed by atoms with E-state index < -0.39 is 17.9 Å². The van der Waals surface area contributed by atoms with E-state index in [0.717, 1.165) is 11.3 Å². The van der Waals surface area contributed by atoms with Crippen molar-refractivity contribution in [2.24, 2.45) is 5.73 Å². The largest absolute Gasteiger partial charge is 0.466 e. The zero-order chi connectivity index (χ0) is 25.8. The standard InChI is InChI=1S/C26H21N5O4S/c1-34-24(32)21-20(16-6-4-3-5-7-16)18(14-27)23(28)31(22(21)25(33)35-2)17-10-8-15(9-11-17)19-12-13-29-26(36)30-19/h3-13,20H,28H2,1-2H3,(H,29,30,36). The Balaban J connectivity index is 1.95. The minimum absolute atomic E-state index is 0.00419. The molecule has 10 heteroatoms. The van der Waals surface area contributed by atoms with Crippen LogP contribution >= 0.6 is 12.2 Å². The number of benzene rings is 2. The van der Waals surface area contributed by atoms with Crippen molar-refractivity contribution in [3.63, 3.8) is 0 Å². The monoisotopic (exact) mass is 499 g/mol. The second-order valence-corrected chi connectivity index (χ2v) is 8.06. The second-order valence-electron chi connectivity index (χ2n) is 7.67. The van der Waals surface area contributed by atoms with Crippen LogP contribution in [0.3, 0.4) is 0 Å². The Kier molecular flexibility index (Phi) is 6.94. The normalized spacial score (nSPS) is 15.4. The number of aromatic amines is 1. The van der Waals surface area contributed by atoms with Gasteiger partial charge in [-0.25, -0.2) is 14.6 Å². The fourth-order valence-corrected chi connectivity index (χ4v) is 4.28. The molecule has 2 heterocycles. The number of ether oxygens (including phenoxy) is 2. The molecule has 0 saturated heterocycles. The number of nitrogens with one attached hydrogen (secondary N) is 1. The summed E-state index contributed by atoms with van der Waals surface area (Å²) in [6.45, 7) is 0. The maximum absolute atomic E-state index is 13.1. The van der Waals surface area contributed by atoms with Gasteiger partial charge in [0.15, 0.2) is 4.77 Å². The number of carbonyl (C=O) groups is 2. The van der Waals surface area contributed by atoms with Crippen molar-refractivity contribution in [1.29, 1.82) is 5.26 Å². The molecule has 1 aliphatic rings. The van der Waals surface area contributed by atoms with Gasteiger partial charge >= 0.3 is 11.9 Å². The lowest BCUT2D eigenvalue weighted by molar-refractivity contribution is -0.139. The Morgan fingerprint density at radius 1 is 1.06 bits per heavy atom. The number of carbonyl (C=O) groups excluding carboxylic acids is 2. The first kappa shape index (κ1) is 24.4. The molecule has 0 bridgehead atoms. The van der Waals surface area contributed by atoms with Gasteiger partial charge in [-0.1, -0.05) is 42.5 Å². The molecule has 0 radical (unpaired) electrons. The van der Waals surface area contributed by atoms with Crippen LogP contribution in [0.1, 0.15) is 11.5 Å². The van der Waals surface area contributed by atoms with Crippen molar-refractivity contribution in [2.45, 2.75) is 5.92 Å². The molecule has 0 saturated carbocycles. The highest BCUT2D eigenvalue weighted by Crippen LogP contribution is 2.43. The first-order chi connectivity index (χ1) is 17.4. The van der Waals surface area contributed by atoms with E-state index >= 15 is 0 Å². The molecule has 2 aromatic carbocycles. The number of nitrogens with two attached hydrogens (primary N) is 1. The van der Waals surface area contributed by atoms with Crippen molar-refractivity contribution in [2.75, 3.05) is 19.1 Å². The van der Waals surface area contributed by atoms with E-state index in [-0.39, 0.29) is 22.7 Å². The van der Waals surface area contributed by atoms with Crippen molar-refractivity contribution >= 4 is 29.8 Å². The highest BCUT2D eigenvalue weighted by atomic mass is 32.1. The average molecular weight is 500 g/mol. The first-order valence-corrected chi connectivity index (χ1v) is 11.1. The number of rotatable bonds is 5. The van der Waals surface area contributed by atoms with Gasteiger partial charge in [0.25, 0.3) is 0 Å². The number of esters is 2. The third kappa shape index (κ3) is 4.35. The lowest BCUT2D eigenvalue weighted by Gasteiger charge is -2.35. The van der Waals surface area contributed by atoms with E-state index in [2.05, 4.69) is 16.0 Å². The van der Waals surface area contributed by atoms with Gasteiger partial charge in [-0.05, 0) is 41.5 Å². The summed E-state index contributed by atoms with van der Waals surface area (Å²) in [6.07, 6.45) is 1.59. The van der Waals surface area contributed by atoms with Crippen molar-refractivity contribution < 1.29 is 19.1 Å². The quantitative estimate of drug-likeness (QED) is 0.398. The van der Waals surface area contributed by atoms with Gasteiger partial charge in [0.1, 0.15) is 11.5 Å². The number of hydrogen-bond acceptors (Lipinski definition) is 9. The fraction of sp³-hybridized carbons (Fsp3) is 0.115. The molecule has 4 rings (SSSR count). The number of aromatic nitrogens is 2. The van der Waals surface area contributed by atoms with E-state index in [1.165, 1.54) is 19.1 Å². The zero-order valence-electron chi connectivity index (χ0n) is 19.4. The Hall–Kier alpha value is -4.75. The van der Waals surface area contributed by atoms with Crippen LogP contribution in [0.25, 0.3) is 11.3 Å². The summed E-state index contributed by atoms with van der Waals surface area (Å²) in [5.74, 6) is -2.52. The Morgan fingerprint density at radius 2 is 1.72 bits per heavy atom. The van der Waals surface area contributed by atoms with Gasteiger partial charge in [0.2, 0.25) is 0 Å². The third-order valence-electron chi connectivity index (χ3n) is 5.72. The number of hydrogen-bond donors (Lipinski definition) is 2. The maximum Gasteiger partial charge on any atom is 0.355 e. The number of methoxy groups -OCH3 is 2. The van der Waals surface area contributed by atoms with E-state index in [0.29, 0.717) is 16.0 Å². The number of allylic oxidation sites excluding steroid dienone is 1. The van der Waals surface area contributed by atoms with Gasteiger partial charge in [0.05, 0.1) is 37.4 Å². The average Bonchev–Trinajstić information content (AvgIpc) is 2.92. The van der Waals surface area contributed by atoms with Crippen LogP contribution in [-0.2, 0) is 19.1 Å². The topological polar surface area (TPSA) is 134 Å². The van der Waals surface area contributed by atoms with Gasteiger partial charge in [-0.3, -0.25) is 4.90 Å². The number of H-pyrrole nitrogens is 1. The summed E-state index contributed by atoms with van der Waals surface area (Å²) in [6, 6.07) is 19.7. The predicted molar refractivity (Wildman–Crippen MR) is 134 cm³/mol. The molecule has 0 aliphatic carbocycles. The lowest BCUT2D eigenvalue weighted by atomic mass is 9.81. The SMILES string of the molecule is COC(=O)C1=C(C(=O)OC)N(c2ccc(-c3ccnc(=S)[nH]3)cc2)C(N)=C(C#N)C1c1ccccc1. The molecule has 180 valence electrons. The third-order valence-corrected chi connectivity index (χ3v) is 5.93. The Labute approximate surface area is 212 Å². The van der Waals surface area contributed by atoms with Gasteiger partial charge in [-0.2, -0.15) is 5.26 Å². The Bertz CT molecular complexity index is 1490. The number of nitrogens with zero attached hydrogens (tertiary/aromatic N) is 3. The molecule has 0 fully saturated rings. The van der Waals surface area contributed by atoms with Crippen LogP contribution in [0.4, 0.5) is 5.69 Å². The van der Waals surface area contributed by atoms with Crippen LogP contribution in [0.15, 0.2) is 89.5 Å². The van der Waals surface area contributed by atoms with Crippen molar-refractivity contribution in [3.05, 3.63) is 99.9 Å². The molecule has 9 nitrogen and oxygen atoms in total. The van der Waals surface area contributed by atoms with Gasteiger partial charge < -0.3 is 20.2 Å². The summed E-state index contributed by atoms with van der Waals surface area (Å²) in [5.41, 5.74) is 8.99. The number of anilines is 1. The molecule has 0 spiro atoms. The van der Waals surface area contributed by atoms with E-state index in [9.17, 15) is 14.9 Å². The van der Waals surface area contributed by atoms with Crippen LogP contribution in [-0.4, -0.2) is 36.1 Å². The van der Waals surface area contributed by atoms with Crippen molar-refractivity contribution in [1.82, 2.24) is 9.97 Å². The Morgan fingerprint density at radius 3 is 2.31 bits per heavy atom. The zero-order valence-corrected chi connectivity index (χ0v) is 20.2. The smallest absolute Gasteiger partial charge is 0.355 e. The molecule has 3 aromatic rings. The summed E-state index contributed by atoms with van der Waals surface area (Å²) in [4.78, 5) is 34.5. The van der Waals surface area contributed by atoms with Gasteiger partial charge in [-0.15, -0.1) is 0 Å². The summed E-state index contributed by atoms with van der Waals surface area (Å²) in [7, 11) is 2.41. The fourth-order valence-electron chi connectivity index (χ4n) is 4.11. The summed E-state index contributed by atoms with van der Waals surface area (Å²) >= 11 is 5.10. The number of nitriles is 1. The minimum Gasteiger partial charge on any atom is -0.466 e. The molecule has 1 atom stereocenters. The molecule has 36 heavy (non-hydrogen) atoms. The highest BCUT2D eigenvalue weighted by Gasteiger charge is 2.42. The van der Waals surface area contributed by atoms with Crippen LogP contribution in [0.5, 0.6) is 0 Å². The molecule has 1 aliphatic heterocycles. The second kappa shape index (κ2) is 10.2. The predicted octanol–water partition coefficient (Wildman–Crippen LogP) is 3.70. The molecular weight excluding hydrogens is 478 g/mol.